The number of nitrogens with zero attached hydrogens (tertiary/aromatic N) is 1. The molecule has 0 aliphatic rings. The Morgan fingerprint density at radius 3 is 2.75 bits per heavy atom. The molecular formula is C20H19ClFN3O3. The van der Waals surface area contributed by atoms with Crippen LogP contribution in [-0.4, -0.2) is 31.9 Å². The van der Waals surface area contributed by atoms with Crippen LogP contribution in [0.5, 0.6) is 11.5 Å². The molecule has 8 heteroatoms. The van der Waals surface area contributed by atoms with Crippen LogP contribution in [0.25, 0.3) is 0 Å². The normalized spacial score (nSPS) is 10.4. The fourth-order valence-electron chi connectivity index (χ4n) is 2.15. The van der Waals surface area contributed by atoms with Crippen molar-refractivity contribution in [1.29, 1.82) is 0 Å². The average molecular weight is 404 g/mol. The van der Waals surface area contributed by atoms with E-state index in [9.17, 15) is 9.18 Å². The summed E-state index contributed by atoms with van der Waals surface area (Å²) in [4.78, 5) is 11.8. The SMILES string of the molecule is C#CCOc1c(Cl)cc(/C=N\NC(=O)CNc2ccc(F)cc2)cc1OCC. The highest BCUT2D eigenvalue weighted by atomic mass is 35.5. The second-order valence-corrected chi connectivity index (χ2v) is 5.82. The largest absolute Gasteiger partial charge is 0.490 e. The lowest BCUT2D eigenvalue weighted by Crippen LogP contribution is -2.25. The standard InChI is InChI=1S/C20H19ClFN3O3/c1-3-9-28-20-17(21)10-14(11-18(20)27-4-2)12-24-25-19(26)13-23-16-7-5-15(22)6-8-16/h1,5-8,10-12,23H,4,9,13H2,2H3,(H,25,26)/b24-12-. The summed E-state index contributed by atoms with van der Waals surface area (Å²) in [5.74, 6) is 2.43. The molecule has 0 heterocycles. The summed E-state index contributed by atoms with van der Waals surface area (Å²) in [6.45, 7) is 2.28. The van der Waals surface area contributed by atoms with Gasteiger partial charge in [-0.2, -0.15) is 5.10 Å². The minimum Gasteiger partial charge on any atom is -0.490 e. The van der Waals surface area contributed by atoms with Crippen molar-refractivity contribution in [1.82, 2.24) is 5.43 Å². The van der Waals surface area contributed by atoms with Crippen molar-refractivity contribution in [2.75, 3.05) is 25.1 Å². The molecular weight excluding hydrogens is 385 g/mol. The summed E-state index contributed by atoms with van der Waals surface area (Å²) < 4.78 is 23.8. The van der Waals surface area contributed by atoms with Crippen molar-refractivity contribution in [3.05, 3.63) is 52.8 Å². The van der Waals surface area contributed by atoms with Gasteiger partial charge in [0.2, 0.25) is 0 Å². The maximum absolute atomic E-state index is 12.8. The molecule has 0 aliphatic carbocycles. The Balaban J connectivity index is 1.96. The van der Waals surface area contributed by atoms with E-state index in [2.05, 4.69) is 21.8 Å². The fourth-order valence-corrected chi connectivity index (χ4v) is 2.42. The van der Waals surface area contributed by atoms with Gasteiger partial charge in [0.05, 0.1) is 24.4 Å². The van der Waals surface area contributed by atoms with E-state index in [0.29, 0.717) is 34.4 Å². The summed E-state index contributed by atoms with van der Waals surface area (Å²) in [6, 6.07) is 8.96. The number of ether oxygens (including phenoxy) is 2. The maximum Gasteiger partial charge on any atom is 0.259 e. The predicted molar refractivity (Wildman–Crippen MR) is 108 cm³/mol. The molecule has 2 aromatic carbocycles. The predicted octanol–water partition coefficient (Wildman–Crippen LogP) is 3.45. The monoisotopic (exact) mass is 403 g/mol. The summed E-state index contributed by atoms with van der Waals surface area (Å²) in [5.41, 5.74) is 3.61. The van der Waals surface area contributed by atoms with Crippen LogP contribution < -0.4 is 20.2 Å². The Morgan fingerprint density at radius 1 is 1.32 bits per heavy atom. The Bertz CT molecular complexity index is 880. The third kappa shape index (κ3) is 6.49. The maximum atomic E-state index is 12.8. The van der Waals surface area contributed by atoms with Crippen molar-refractivity contribution in [2.24, 2.45) is 5.10 Å². The highest BCUT2D eigenvalue weighted by Gasteiger charge is 2.12. The number of halogens is 2. The molecule has 2 rings (SSSR count). The van der Waals surface area contributed by atoms with Crippen molar-refractivity contribution in [3.8, 4) is 23.8 Å². The number of terminal acetylenes is 1. The smallest absolute Gasteiger partial charge is 0.259 e. The van der Waals surface area contributed by atoms with Gasteiger partial charge in [-0.1, -0.05) is 17.5 Å². The summed E-state index contributed by atoms with van der Waals surface area (Å²) in [6.07, 6.45) is 6.63. The topological polar surface area (TPSA) is 72.0 Å². The molecule has 0 spiro atoms. The van der Waals surface area contributed by atoms with E-state index >= 15 is 0 Å². The molecule has 2 N–H and O–H groups in total. The molecule has 0 saturated heterocycles. The van der Waals surface area contributed by atoms with Gasteiger partial charge in [-0.05, 0) is 48.9 Å². The lowest BCUT2D eigenvalue weighted by molar-refractivity contribution is -0.119. The molecule has 2 aromatic rings. The van der Waals surface area contributed by atoms with Crippen LogP contribution in [0.1, 0.15) is 12.5 Å². The Morgan fingerprint density at radius 2 is 2.07 bits per heavy atom. The first-order chi connectivity index (χ1) is 13.5. The second-order valence-electron chi connectivity index (χ2n) is 5.41. The Labute approximate surface area is 167 Å². The highest BCUT2D eigenvalue weighted by molar-refractivity contribution is 6.32. The molecule has 146 valence electrons. The van der Waals surface area contributed by atoms with Crippen LogP contribution in [0.2, 0.25) is 5.02 Å². The highest BCUT2D eigenvalue weighted by Crippen LogP contribution is 2.36. The third-order valence-electron chi connectivity index (χ3n) is 3.33. The number of carbonyl (C=O) groups is 1. The number of amides is 1. The zero-order valence-corrected chi connectivity index (χ0v) is 15.9. The Kier molecular flexibility index (Phi) is 8.12. The second kappa shape index (κ2) is 10.8. The van der Waals surface area contributed by atoms with Crippen LogP contribution in [0, 0.1) is 18.2 Å². The number of carbonyl (C=O) groups excluding carboxylic acids is 1. The van der Waals surface area contributed by atoms with E-state index in [0.717, 1.165) is 0 Å². The molecule has 6 nitrogen and oxygen atoms in total. The van der Waals surface area contributed by atoms with Crippen LogP contribution >= 0.6 is 11.6 Å². The van der Waals surface area contributed by atoms with Crippen LogP contribution in [0.4, 0.5) is 10.1 Å². The van der Waals surface area contributed by atoms with E-state index in [-0.39, 0.29) is 24.9 Å². The molecule has 0 fully saturated rings. The summed E-state index contributed by atoms with van der Waals surface area (Å²) >= 11 is 6.22. The van der Waals surface area contributed by atoms with Crippen LogP contribution in [0.3, 0.4) is 0 Å². The zero-order chi connectivity index (χ0) is 20.4. The van der Waals surface area contributed by atoms with Crippen LogP contribution in [-0.2, 0) is 4.79 Å². The lowest BCUT2D eigenvalue weighted by atomic mass is 10.2. The van der Waals surface area contributed by atoms with Gasteiger partial charge in [-0.3, -0.25) is 4.79 Å². The molecule has 28 heavy (non-hydrogen) atoms. The van der Waals surface area contributed by atoms with Crippen molar-refractivity contribution in [2.45, 2.75) is 6.92 Å². The van der Waals surface area contributed by atoms with Crippen molar-refractivity contribution < 1.29 is 18.7 Å². The number of nitrogens with one attached hydrogen (secondary N) is 2. The number of rotatable bonds is 9. The van der Waals surface area contributed by atoms with Gasteiger partial charge in [-0.15, -0.1) is 6.42 Å². The van der Waals surface area contributed by atoms with Gasteiger partial charge in [-0.25, -0.2) is 9.82 Å². The third-order valence-corrected chi connectivity index (χ3v) is 3.61. The van der Waals surface area contributed by atoms with E-state index in [1.165, 1.54) is 30.5 Å². The van der Waals surface area contributed by atoms with Gasteiger partial charge in [0.15, 0.2) is 11.5 Å². The molecule has 0 aliphatic heterocycles. The molecule has 0 bridgehead atoms. The van der Waals surface area contributed by atoms with Gasteiger partial charge in [0.25, 0.3) is 5.91 Å². The number of benzene rings is 2. The number of hydrogen-bond donors (Lipinski definition) is 2. The molecule has 0 unspecified atom stereocenters. The fraction of sp³-hybridized carbons (Fsp3) is 0.200. The summed E-state index contributed by atoms with van der Waals surface area (Å²) in [7, 11) is 0. The van der Waals surface area contributed by atoms with Crippen molar-refractivity contribution in [3.63, 3.8) is 0 Å². The number of anilines is 1. The number of hydrazone groups is 1. The van der Waals surface area contributed by atoms with Gasteiger partial charge < -0.3 is 14.8 Å². The molecule has 0 atom stereocenters. The average Bonchev–Trinajstić information content (AvgIpc) is 2.67. The minimum absolute atomic E-state index is 0.0210. The van der Waals surface area contributed by atoms with Gasteiger partial charge in [0.1, 0.15) is 12.4 Å². The van der Waals surface area contributed by atoms with Gasteiger partial charge in [0, 0.05) is 5.69 Å². The molecule has 0 saturated carbocycles. The lowest BCUT2D eigenvalue weighted by Gasteiger charge is -2.12. The molecule has 1 amide bonds. The quantitative estimate of drug-likeness (QED) is 0.382. The Hall–Kier alpha value is -3.24. The first kappa shape index (κ1) is 21.1. The molecule has 0 radical (unpaired) electrons. The first-order valence-electron chi connectivity index (χ1n) is 8.37. The van der Waals surface area contributed by atoms with E-state index < -0.39 is 0 Å². The minimum atomic E-state index is -0.370. The van der Waals surface area contributed by atoms with Gasteiger partial charge >= 0.3 is 0 Å². The van der Waals surface area contributed by atoms with E-state index in [1.807, 2.05) is 6.92 Å². The molecule has 0 aromatic heterocycles. The van der Waals surface area contributed by atoms with E-state index in [4.69, 9.17) is 27.5 Å². The first-order valence-corrected chi connectivity index (χ1v) is 8.75. The zero-order valence-electron chi connectivity index (χ0n) is 15.2. The van der Waals surface area contributed by atoms with E-state index in [1.54, 1.807) is 12.1 Å². The summed E-state index contributed by atoms with van der Waals surface area (Å²) in [5, 5.41) is 7.06. The number of hydrogen-bond acceptors (Lipinski definition) is 5. The van der Waals surface area contributed by atoms with Crippen LogP contribution in [0.15, 0.2) is 41.5 Å². The van der Waals surface area contributed by atoms with Crippen molar-refractivity contribution >= 4 is 29.4 Å².